The molecule has 0 aromatic heterocycles. The number of urea groups is 1. The lowest BCUT2D eigenvalue weighted by Crippen LogP contribution is -2.44. The van der Waals surface area contributed by atoms with Gasteiger partial charge in [0.25, 0.3) is 0 Å². The van der Waals surface area contributed by atoms with Gasteiger partial charge in [0.05, 0.1) is 35.7 Å². The third kappa shape index (κ3) is 6.92. The molecule has 4 aliphatic rings. The number of anilines is 4. The minimum atomic E-state index is -0.252. The highest BCUT2D eigenvalue weighted by molar-refractivity contribution is 8.04. The molecule has 2 N–H and O–H groups in total. The summed E-state index contributed by atoms with van der Waals surface area (Å²) in [6, 6.07) is 17.3. The minimum absolute atomic E-state index is 0.252. The van der Waals surface area contributed by atoms with Crippen molar-refractivity contribution >= 4 is 40.7 Å². The summed E-state index contributed by atoms with van der Waals surface area (Å²) < 4.78 is 7.99. The van der Waals surface area contributed by atoms with Crippen LogP contribution in [0.3, 0.4) is 0 Å². The van der Waals surface area contributed by atoms with Gasteiger partial charge in [0.1, 0.15) is 0 Å². The van der Waals surface area contributed by atoms with E-state index in [2.05, 4.69) is 98.9 Å². The summed E-state index contributed by atoms with van der Waals surface area (Å²) in [5.74, 6) is 0. The molecule has 9 nitrogen and oxygen atoms in total. The van der Waals surface area contributed by atoms with Gasteiger partial charge in [0.2, 0.25) is 0 Å². The van der Waals surface area contributed by atoms with Gasteiger partial charge >= 0.3 is 6.03 Å². The van der Waals surface area contributed by atoms with Crippen molar-refractivity contribution < 1.29 is 9.53 Å². The van der Waals surface area contributed by atoms with E-state index in [1.807, 2.05) is 24.3 Å². The number of hydrogen-bond donors (Lipinski definition) is 2. The van der Waals surface area contributed by atoms with E-state index < -0.39 is 0 Å². The first-order chi connectivity index (χ1) is 20.8. The molecule has 0 aliphatic carbocycles. The van der Waals surface area contributed by atoms with E-state index >= 15 is 0 Å². The van der Waals surface area contributed by atoms with Crippen LogP contribution in [-0.2, 0) is 4.74 Å². The average Bonchev–Trinajstić information content (AvgIpc) is 3.35. The number of amides is 2. The number of carbonyl (C=O) groups excluding carboxylic acids is 1. The Bertz CT molecular complexity index is 1310. The van der Waals surface area contributed by atoms with E-state index in [9.17, 15) is 4.79 Å². The van der Waals surface area contributed by atoms with Gasteiger partial charge in [-0.3, -0.25) is 4.31 Å². The monoisotopic (exact) mass is 603 g/mol. The molecule has 2 aromatic carbocycles. The molecule has 1 unspecified atom stereocenters. The van der Waals surface area contributed by atoms with Crippen molar-refractivity contribution in [1.82, 2.24) is 14.7 Å². The maximum Gasteiger partial charge on any atom is 0.323 e. The van der Waals surface area contributed by atoms with Gasteiger partial charge in [-0.05, 0) is 95.3 Å². The summed E-state index contributed by atoms with van der Waals surface area (Å²) in [5, 5.41) is 7.20. The van der Waals surface area contributed by atoms with Crippen LogP contribution in [0.25, 0.3) is 0 Å². The van der Waals surface area contributed by atoms with Crippen LogP contribution in [0.15, 0.2) is 71.5 Å². The highest BCUT2D eigenvalue weighted by atomic mass is 32.2. The van der Waals surface area contributed by atoms with Crippen molar-refractivity contribution in [1.29, 1.82) is 0 Å². The molecule has 0 radical (unpaired) electrons. The maximum atomic E-state index is 12.8. The second-order valence-electron chi connectivity index (χ2n) is 12.2. The Morgan fingerprint density at radius 1 is 0.814 bits per heavy atom. The van der Waals surface area contributed by atoms with Crippen LogP contribution in [0.4, 0.5) is 27.5 Å². The number of nitrogens with zero attached hydrogens (tertiary/aromatic N) is 5. The fraction of sp³-hybridized carbons (Fsp3) is 0.485. The molecule has 43 heavy (non-hydrogen) atoms. The Morgan fingerprint density at radius 2 is 1.42 bits per heavy atom. The molecule has 4 aliphatic heterocycles. The number of allylic oxidation sites excluding steroid dienone is 1. The van der Waals surface area contributed by atoms with E-state index in [0.717, 1.165) is 63.0 Å². The number of ether oxygens (including phenoxy) is 1. The first-order valence-electron chi connectivity index (χ1n) is 15.6. The second-order valence-corrected chi connectivity index (χ2v) is 13.2. The number of nitrogens with one attached hydrogen (secondary N) is 2. The van der Waals surface area contributed by atoms with E-state index in [4.69, 9.17) is 4.74 Å². The number of carbonyl (C=O) groups is 1. The molecule has 4 heterocycles. The molecule has 10 heteroatoms. The Morgan fingerprint density at radius 3 is 2.02 bits per heavy atom. The number of benzene rings is 2. The van der Waals surface area contributed by atoms with Gasteiger partial charge in [-0.1, -0.05) is 0 Å². The van der Waals surface area contributed by atoms with Gasteiger partial charge in [-0.15, -0.1) is 0 Å². The van der Waals surface area contributed by atoms with Gasteiger partial charge in [-0.25, -0.2) is 4.79 Å². The highest BCUT2D eigenvalue weighted by Crippen LogP contribution is 2.40. The van der Waals surface area contributed by atoms with Crippen LogP contribution in [0.2, 0.25) is 0 Å². The predicted molar refractivity (Wildman–Crippen MR) is 178 cm³/mol. The molecule has 3 fully saturated rings. The first-order valence-corrected chi connectivity index (χ1v) is 16.4. The van der Waals surface area contributed by atoms with Crippen molar-refractivity contribution in [2.75, 3.05) is 72.8 Å². The first kappa shape index (κ1) is 29.7. The largest absolute Gasteiger partial charge is 0.377 e. The molecule has 0 bridgehead atoms. The zero-order chi connectivity index (χ0) is 29.9. The molecule has 230 valence electrons. The van der Waals surface area contributed by atoms with Crippen LogP contribution >= 0.6 is 11.9 Å². The van der Waals surface area contributed by atoms with Gasteiger partial charge < -0.3 is 35.0 Å². The van der Waals surface area contributed by atoms with Crippen LogP contribution in [0.5, 0.6) is 0 Å². The molecule has 3 saturated heterocycles. The number of rotatable bonds is 6. The number of piperazine rings is 1. The van der Waals surface area contributed by atoms with E-state index in [1.54, 1.807) is 11.9 Å². The van der Waals surface area contributed by atoms with Crippen LogP contribution < -0.4 is 19.8 Å². The Hall–Kier alpha value is -3.34. The normalized spacial score (nSPS) is 25.0. The molecule has 0 spiro atoms. The molecular weight excluding hydrogens is 558 g/mol. The Kier molecular flexibility index (Phi) is 9.06. The fourth-order valence-corrected chi connectivity index (χ4v) is 7.54. The van der Waals surface area contributed by atoms with Crippen molar-refractivity contribution in [2.45, 2.75) is 51.7 Å². The minimum Gasteiger partial charge on any atom is -0.377 e. The van der Waals surface area contributed by atoms with Gasteiger partial charge in [0, 0.05) is 80.0 Å². The van der Waals surface area contributed by atoms with Crippen LogP contribution in [-0.4, -0.2) is 91.8 Å². The number of hydrogen-bond acceptors (Lipinski definition) is 8. The van der Waals surface area contributed by atoms with Crippen molar-refractivity contribution in [3.8, 4) is 0 Å². The van der Waals surface area contributed by atoms with Gasteiger partial charge in [-0.2, -0.15) is 0 Å². The molecule has 3 atom stereocenters. The summed E-state index contributed by atoms with van der Waals surface area (Å²) in [4.78, 5) is 22.6. The quantitative estimate of drug-likeness (QED) is 0.400. The van der Waals surface area contributed by atoms with E-state index in [-0.39, 0.29) is 6.03 Å². The standard InChI is InChI=1S/C33H45N7O2S/c1-24-5-6-25(2)40(24)31-21-32(38-19-20-42-23-26(38)3)43-39(22-31)30-13-9-28(10-14-30)35-33(41)34-27-7-11-29(12-8-27)37-17-15-36(4)16-18-37/h7-14,21-22,24-26H,5-6,15-20,23H2,1-4H3,(H2,34,35,41)/t24-,25+,26?. The lowest BCUT2D eigenvalue weighted by atomic mass is 10.2. The SMILES string of the molecule is CC1COCCN1C1=CC(N2[C@H](C)CC[C@@H]2C)=CN(c2ccc(NC(=O)Nc3ccc(N4CCN(C)CC4)cc3)cc2)S1. The van der Waals surface area contributed by atoms with Gasteiger partial charge in [0.15, 0.2) is 0 Å². The number of morpholine rings is 1. The summed E-state index contributed by atoms with van der Waals surface area (Å²) >= 11 is 1.75. The average molecular weight is 604 g/mol. The molecular formula is C33H45N7O2S. The number of likely N-dealkylation sites (tertiary alicyclic amines) is 1. The Balaban J connectivity index is 1.11. The van der Waals surface area contributed by atoms with Crippen LogP contribution in [0.1, 0.15) is 33.6 Å². The third-order valence-electron chi connectivity index (χ3n) is 8.99. The van der Waals surface area contributed by atoms with E-state index in [0.29, 0.717) is 18.1 Å². The zero-order valence-electron chi connectivity index (χ0n) is 25.8. The summed E-state index contributed by atoms with van der Waals surface area (Å²) in [6.45, 7) is 13.5. The number of likely N-dealkylation sites (N-methyl/N-ethyl adjacent to an activating group) is 1. The lowest BCUT2D eigenvalue weighted by molar-refractivity contribution is 0.0211. The second kappa shape index (κ2) is 13.1. The van der Waals surface area contributed by atoms with Crippen molar-refractivity contribution in [2.24, 2.45) is 0 Å². The predicted octanol–water partition coefficient (Wildman–Crippen LogP) is 5.83. The topological polar surface area (TPSA) is 66.6 Å². The Labute approximate surface area is 260 Å². The third-order valence-corrected chi connectivity index (χ3v) is 10.0. The lowest BCUT2D eigenvalue weighted by Gasteiger charge is -2.41. The maximum absolute atomic E-state index is 12.8. The molecule has 2 aromatic rings. The highest BCUT2D eigenvalue weighted by Gasteiger charge is 2.32. The summed E-state index contributed by atoms with van der Waals surface area (Å²) in [7, 11) is 2.16. The zero-order valence-corrected chi connectivity index (χ0v) is 26.6. The van der Waals surface area contributed by atoms with E-state index in [1.165, 1.54) is 29.3 Å². The summed E-state index contributed by atoms with van der Waals surface area (Å²) in [6.07, 6.45) is 7.05. The molecule has 2 amide bonds. The van der Waals surface area contributed by atoms with Crippen molar-refractivity contribution in [3.05, 3.63) is 71.5 Å². The fourth-order valence-electron chi connectivity index (χ4n) is 6.41. The van der Waals surface area contributed by atoms with Crippen LogP contribution in [0, 0.1) is 0 Å². The smallest absolute Gasteiger partial charge is 0.323 e. The molecule has 0 saturated carbocycles. The van der Waals surface area contributed by atoms with Crippen molar-refractivity contribution in [3.63, 3.8) is 0 Å². The molecule has 6 rings (SSSR count). The summed E-state index contributed by atoms with van der Waals surface area (Å²) in [5.41, 5.74) is 5.04.